The Morgan fingerprint density at radius 3 is 2.07 bits per heavy atom. The van der Waals surface area contributed by atoms with E-state index in [1.54, 1.807) is 0 Å². The maximum atomic E-state index is 6.69. The Labute approximate surface area is 343 Å². The lowest BCUT2D eigenvalue weighted by Gasteiger charge is -2.10. The van der Waals surface area contributed by atoms with Crippen molar-refractivity contribution in [3.63, 3.8) is 0 Å². The fraction of sp³-hybridized carbons (Fsp3) is 0. The highest BCUT2D eigenvalue weighted by Gasteiger charge is 2.21. The van der Waals surface area contributed by atoms with Crippen LogP contribution >= 0.6 is 11.3 Å². The first-order chi connectivity index (χ1) is 29.2. The van der Waals surface area contributed by atoms with E-state index in [0.29, 0.717) is 5.84 Å². The third kappa shape index (κ3) is 5.51. The van der Waals surface area contributed by atoms with Crippen LogP contribution in [-0.4, -0.2) is 16.1 Å². The molecule has 12 rings (SSSR count). The van der Waals surface area contributed by atoms with Crippen LogP contribution in [0.1, 0.15) is 16.7 Å². The minimum atomic E-state index is 0.624. The molecule has 0 fully saturated rings. The van der Waals surface area contributed by atoms with Crippen LogP contribution in [0.15, 0.2) is 215 Å². The van der Waals surface area contributed by atoms with Crippen molar-refractivity contribution in [1.29, 1.82) is 0 Å². The zero-order valence-corrected chi connectivity index (χ0v) is 32.5. The Bertz CT molecular complexity index is 3550. The summed E-state index contributed by atoms with van der Waals surface area (Å²) in [6.45, 7) is 0. The molecule has 4 nitrogen and oxygen atoms in total. The minimum Gasteiger partial charge on any atom is -0.456 e. The maximum Gasteiger partial charge on any atom is 0.160 e. The quantitative estimate of drug-likeness (QED) is 0.172. The number of allylic oxidation sites excluding steroid dienone is 3. The second-order valence-electron chi connectivity index (χ2n) is 14.9. The van der Waals surface area contributed by atoms with E-state index in [9.17, 15) is 0 Å². The predicted molar refractivity (Wildman–Crippen MR) is 249 cm³/mol. The number of aliphatic imine (C=N–C) groups is 2. The van der Waals surface area contributed by atoms with Gasteiger partial charge < -0.3 is 8.98 Å². The molecule has 59 heavy (non-hydrogen) atoms. The van der Waals surface area contributed by atoms with Gasteiger partial charge in [0, 0.05) is 64.1 Å². The third-order valence-electron chi connectivity index (χ3n) is 11.4. The molecular formula is C54H33N3OS. The molecule has 0 N–H and O–H groups in total. The maximum absolute atomic E-state index is 6.69. The molecule has 0 atom stereocenters. The van der Waals surface area contributed by atoms with Gasteiger partial charge in [-0.05, 0) is 77.9 Å². The number of fused-ring (bicyclic) bond motifs is 10. The topological polar surface area (TPSA) is 42.8 Å². The summed E-state index contributed by atoms with van der Waals surface area (Å²) in [6, 6.07) is 64.3. The van der Waals surface area contributed by atoms with Gasteiger partial charge in [0.1, 0.15) is 11.2 Å². The van der Waals surface area contributed by atoms with Crippen molar-refractivity contribution in [2.75, 3.05) is 0 Å². The van der Waals surface area contributed by atoms with Crippen LogP contribution in [0, 0.1) is 0 Å². The zero-order valence-electron chi connectivity index (χ0n) is 31.7. The number of para-hydroxylation sites is 1. The monoisotopic (exact) mass is 771 g/mol. The number of thiophene rings is 1. The fourth-order valence-electron chi connectivity index (χ4n) is 8.76. The number of hydrogen-bond donors (Lipinski definition) is 0. The molecular weight excluding hydrogens is 739 g/mol. The number of aromatic nitrogens is 1. The highest BCUT2D eigenvalue weighted by molar-refractivity contribution is 7.26. The smallest absolute Gasteiger partial charge is 0.160 e. The first-order valence-corrected chi connectivity index (χ1v) is 20.6. The van der Waals surface area contributed by atoms with Gasteiger partial charge in [-0.25, -0.2) is 9.98 Å². The summed E-state index contributed by atoms with van der Waals surface area (Å²) in [7, 11) is 0. The van der Waals surface area contributed by atoms with E-state index in [2.05, 4.69) is 162 Å². The number of furan rings is 1. The molecule has 11 aromatic rings. The second-order valence-corrected chi connectivity index (χ2v) is 16.0. The van der Waals surface area contributed by atoms with Crippen molar-refractivity contribution < 1.29 is 4.42 Å². The molecule has 276 valence electrons. The average molecular weight is 772 g/mol. The van der Waals surface area contributed by atoms with Crippen molar-refractivity contribution in [3.8, 4) is 16.8 Å². The minimum absolute atomic E-state index is 0.624. The molecule has 0 amide bonds. The van der Waals surface area contributed by atoms with Gasteiger partial charge in [-0.3, -0.25) is 0 Å². The van der Waals surface area contributed by atoms with E-state index < -0.39 is 0 Å². The third-order valence-corrected chi connectivity index (χ3v) is 12.6. The molecule has 0 unspecified atom stereocenters. The van der Waals surface area contributed by atoms with Gasteiger partial charge >= 0.3 is 0 Å². The van der Waals surface area contributed by atoms with E-state index in [-0.39, 0.29) is 0 Å². The van der Waals surface area contributed by atoms with Crippen LogP contribution < -0.4 is 0 Å². The molecule has 0 aliphatic carbocycles. The van der Waals surface area contributed by atoms with Gasteiger partial charge in [0.05, 0.1) is 22.4 Å². The molecule has 5 heteroatoms. The molecule has 1 aliphatic heterocycles. The van der Waals surface area contributed by atoms with E-state index in [1.165, 1.54) is 42.0 Å². The zero-order chi connectivity index (χ0) is 38.9. The number of rotatable bonds is 5. The van der Waals surface area contributed by atoms with Crippen LogP contribution in [0.4, 0.5) is 0 Å². The lowest BCUT2D eigenvalue weighted by molar-refractivity contribution is 0.669. The largest absolute Gasteiger partial charge is 0.456 e. The van der Waals surface area contributed by atoms with Gasteiger partial charge in [0.25, 0.3) is 0 Å². The van der Waals surface area contributed by atoms with Gasteiger partial charge in [0.2, 0.25) is 0 Å². The van der Waals surface area contributed by atoms with Crippen molar-refractivity contribution in [1.82, 2.24) is 4.57 Å². The lowest BCUT2D eigenvalue weighted by Crippen LogP contribution is -2.06. The van der Waals surface area contributed by atoms with Crippen LogP contribution in [0.25, 0.3) is 86.4 Å². The summed E-state index contributed by atoms with van der Waals surface area (Å²) >= 11 is 1.86. The SMILES string of the molecule is C1=CC(c2ccccc2)=NC(c2ccc3c(c2)oc2cccc(-c4ccc5c(c4)c4ccc6sc7ccccc7c6c4n5-c4ccccc4)c23)=NC(c2ccccc2)=C1. The predicted octanol–water partition coefficient (Wildman–Crippen LogP) is 14.6. The van der Waals surface area contributed by atoms with Crippen LogP contribution in [0.2, 0.25) is 0 Å². The molecule has 0 spiro atoms. The van der Waals surface area contributed by atoms with Gasteiger partial charge in [-0.15, -0.1) is 11.3 Å². The van der Waals surface area contributed by atoms with Gasteiger partial charge in [0.15, 0.2) is 5.84 Å². The summed E-state index contributed by atoms with van der Waals surface area (Å²) < 4.78 is 11.7. The fourth-order valence-corrected chi connectivity index (χ4v) is 9.87. The van der Waals surface area contributed by atoms with Crippen molar-refractivity contribution in [3.05, 3.63) is 217 Å². The van der Waals surface area contributed by atoms with E-state index in [4.69, 9.17) is 14.4 Å². The summed E-state index contributed by atoms with van der Waals surface area (Å²) in [5.41, 5.74) is 12.1. The molecule has 0 saturated heterocycles. The number of benzene rings is 8. The number of hydrogen-bond acceptors (Lipinski definition) is 4. The molecule has 8 aromatic carbocycles. The molecule has 1 aliphatic rings. The summed E-state index contributed by atoms with van der Waals surface area (Å²) in [6.07, 6.45) is 6.14. The Kier molecular flexibility index (Phi) is 7.68. The molecule has 3 aromatic heterocycles. The van der Waals surface area contributed by atoms with Gasteiger partial charge in [-0.2, -0.15) is 0 Å². The van der Waals surface area contributed by atoms with Crippen LogP contribution in [0.5, 0.6) is 0 Å². The van der Waals surface area contributed by atoms with Crippen molar-refractivity contribution in [2.24, 2.45) is 9.98 Å². The first kappa shape index (κ1) is 33.5. The Morgan fingerprint density at radius 1 is 0.475 bits per heavy atom. The summed E-state index contributed by atoms with van der Waals surface area (Å²) in [5, 5.41) is 7.20. The molecule has 4 heterocycles. The Morgan fingerprint density at radius 2 is 1.22 bits per heavy atom. The second kappa shape index (κ2) is 13.5. The van der Waals surface area contributed by atoms with Crippen molar-refractivity contribution in [2.45, 2.75) is 0 Å². The molecule has 0 bridgehead atoms. The lowest BCUT2D eigenvalue weighted by atomic mass is 9.97. The normalized spacial score (nSPS) is 13.3. The molecule has 0 radical (unpaired) electrons. The Hall–Kier alpha value is -7.60. The van der Waals surface area contributed by atoms with Crippen LogP contribution in [-0.2, 0) is 0 Å². The highest BCUT2D eigenvalue weighted by Crippen LogP contribution is 2.45. The van der Waals surface area contributed by atoms with E-state index >= 15 is 0 Å². The highest BCUT2D eigenvalue weighted by atomic mass is 32.1. The average Bonchev–Trinajstić information content (AvgIpc) is 3.96. The first-order valence-electron chi connectivity index (χ1n) is 19.8. The van der Waals surface area contributed by atoms with Gasteiger partial charge in [-0.1, -0.05) is 133 Å². The number of nitrogens with zero attached hydrogens (tertiary/aromatic N) is 3. The standard InChI is InChI=1S/C54H33N3OS/c1-4-14-34(15-5-1)44-22-13-23-45(35-16-6-2-7-17-35)56-54(55-44)37-26-28-41-48(33-37)58-47-24-12-21-39(51(41)47)36-27-30-46-43(32-36)40-29-31-50-52(42-20-10-11-25-49(42)59-50)53(40)57(46)38-18-8-3-9-19-38/h1-33H. The van der Waals surface area contributed by atoms with Crippen LogP contribution in [0.3, 0.4) is 0 Å². The van der Waals surface area contributed by atoms with Crippen molar-refractivity contribution >= 4 is 92.5 Å². The Balaban J connectivity index is 1.03. The summed E-state index contributed by atoms with van der Waals surface area (Å²) in [5.74, 6) is 0.624. The van der Waals surface area contributed by atoms with E-state index in [0.717, 1.165) is 66.9 Å². The van der Waals surface area contributed by atoms with E-state index in [1.807, 2.05) is 53.8 Å². The number of amidine groups is 1. The summed E-state index contributed by atoms with van der Waals surface area (Å²) in [4.78, 5) is 10.4. The molecule has 0 saturated carbocycles.